The van der Waals surface area contributed by atoms with E-state index in [1.54, 1.807) is 0 Å². The zero-order valence-corrected chi connectivity index (χ0v) is 22.8. The molecule has 0 radical (unpaired) electrons. The Morgan fingerprint density at radius 2 is 1.70 bits per heavy atom. The van der Waals surface area contributed by atoms with E-state index < -0.39 is 11.9 Å². The van der Waals surface area contributed by atoms with Crippen LogP contribution in [0.15, 0.2) is 89.3 Å². The van der Waals surface area contributed by atoms with Crippen LogP contribution in [-0.2, 0) is 13.0 Å². The van der Waals surface area contributed by atoms with Crippen molar-refractivity contribution < 1.29 is 17.9 Å². The average Bonchev–Trinajstić information content (AvgIpc) is 3.66. The lowest BCUT2D eigenvalue weighted by Gasteiger charge is -2.37. The van der Waals surface area contributed by atoms with Crippen LogP contribution in [0.5, 0.6) is 5.75 Å². The van der Waals surface area contributed by atoms with E-state index in [4.69, 9.17) is 4.74 Å². The molecule has 6 rings (SSSR count). The first-order valence-corrected chi connectivity index (χ1v) is 14.5. The van der Waals surface area contributed by atoms with Crippen LogP contribution in [0.3, 0.4) is 0 Å². The van der Waals surface area contributed by atoms with Crippen molar-refractivity contribution in [2.24, 2.45) is 10.2 Å². The highest BCUT2D eigenvalue weighted by Gasteiger charge is 2.38. The zero-order valence-electron chi connectivity index (χ0n) is 22.0. The molecular formula is C31H29F3N4OS. The Kier molecular flexibility index (Phi) is 7.31. The predicted octanol–water partition coefficient (Wildman–Crippen LogP) is 6.93. The molecule has 3 aliphatic rings. The van der Waals surface area contributed by atoms with E-state index in [1.807, 2.05) is 36.0 Å². The summed E-state index contributed by atoms with van der Waals surface area (Å²) in [6.45, 7) is 7.65. The second-order valence-corrected chi connectivity index (χ2v) is 11.3. The summed E-state index contributed by atoms with van der Waals surface area (Å²) in [5.74, 6) is 4.00. The molecule has 0 unspecified atom stereocenters. The Bertz CT molecular complexity index is 1480. The molecule has 0 spiro atoms. The standard InChI is InChI=1S/C31H29F3N4OS/c1-21(37-12-15-40-16-13-37)38(20-22-5-7-23(8-6-22)28-19-30(36-35-28)31(32,33)34)27-4-2-3-25(17-27)26-10-9-24-11-14-39-29(24)18-26/h2-10,17-18H,1,11-16,19-20H2. The fraction of sp³-hybridized carbons (Fsp3) is 0.290. The first-order chi connectivity index (χ1) is 19.3. The van der Waals surface area contributed by atoms with E-state index in [9.17, 15) is 13.2 Å². The molecule has 0 amide bonds. The monoisotopic (exact) mass is 562 g/mol. The third kappa shape index (κ3) is 5.61. The van der Waals surface area contributed by atoms with Gasteiger partial charge in [-0.15, -0.1) is 5.10 Å². The van der Waals surface area contributed by atoms with E-state index in [2.05, 4.69) is 69.0 Å². The largest absolute Gasteiger partial charge is 0.493 e. The first-order valence-electron chi connectivity index (χ1n) is 13.3. The summed E-state index contributed by atoms with van der Waals surface area (Å²) in [6.07, 6.45) is -3.82. The average molecular weight is 563 g/mol. The lowest BCUT2D eigenvalue weighted by Crippen LogP contribution is -2.39. The van der Waals surface area contributed by atoms with Crippen LogP contribution < -0.4 is 9.64 Å². The van der Waals surface area contributed by atoms with E-state index >= 15 is 0 Å². The quantitative estimate of drug-likeness (QED) is 0.313. The molecular weight excluding hydrogens is 533 g/mol. The summed E-state index contributed by atoms with van der Waals surface area (Å²) in [7, 11) is 0. The van der Waals surface area contributed by atoms with Crippen molar-refractivity contribution >= 4 is 28.9 Å². The molecule has 3 heterocycles. The van der Waals surface area contributed by atoms with E-state index in [0.717, 1.165) is 71.6 Å². The summed E-state index contributed by atoms with van der Waals surface area (Å²) >= 11 is 1.95. The van der Waals surface area contributed by atoms with Gasteiger partial charge in [-0.05, 0) is 46.0 Å². The topological polar surface area (TPSA) is 40.4 Å². The van der Waals surface area contributed by atoms with Gasteiger partial charge in [0.05, 0.1) is 12.3 Å². The number of halogens is 3. The normalized spacial score (nSPS) is 16.7. The van der Waals surface area contributed by atoms with Crippen LogP contribution in [0, 0.1) is 0 Å². The maximum atomic E-state index is 13.0. The molecule has 9 heteroatoms. The van der Waals surface area contributed by atoms with Gasteiger partial charge in [0.25, 0.3) is 0 Å². The molecule has 3 aromatic rings. The zero-order chi connectivity index (χ0) is 27.7. The minimum absolute atomic E-state index is 0.306. The summed E-state index contributed by atoms with van der Waals surface area (Å²) in [6, 6.07) is 22.4. The van der Waals surface area contributed by atoms with Crippen molar-refractivity contribution in [1.29, 1.82) is 0 Å². The lowest BCUT2D eigenvalue weighted by atomic mass is 10.0. The number of ether oxygens (including phenoxy) is 1. The van der Waals surface area contributed by atoms with Crippen molar-refractivity contribution in [3.63, 3.8) is 0 Å². The molecule has 0 N–H and O–H groups in total. The number of hydrogen-bond acceptors (Lipinski definition) is 6. The molecule has 1 fully saturated rings. The Labute approximate surface area is 236 Å². The summed E-state index contributed by atoms with van der Waals surface area (Å²) in [5, 5.41) is 7.13. The van der Waals surface area contributed by atoms with Gasteiger partial charge in [-0.2, -0.15) is 30.0 Å². The molecule has 0 bridgehead atoms. The number of thioether (sulfide) groups is 1. The molecule has 1 saturated heterocycles. The van der Waals surface area contributed by atoms with Gasteiger partial charge in [0.2, 0.25) is 0 Å². The van der Waals surface area contributed by atoms with E-state index in [-0.39, 0.29) is 6.42 Å². The van der Waals surface area contributed by atoms with Gasteiger partial charge in [-0.3, -0.25) is 0 Å². The van der Waals surface area contributed by atoms with E-state index in [0.29, 0.717) is 17.8 Å². The molecule has 0 saturated carbocycles. The van der Waals surface area contributed by atoms with Crippen LogP contribution in [0.1, 0.15) is 23.1 Å². The predicted molar refractivity (Wildman–Crippen MR) is 156 cm³/mol. The molecule has 0 aliphatic carbocycles. The van der Waals surface area contributed by atoms with Crippen molar-refractivity contribution in [3.8, 4) is 16.9 Å². The van der Waals surface area contributed by atoms with Gasteiger partial charge >= 0.3 is 6.18 Å². The van der Waals surface area contributed by atoms with Crippen LogP contribution in [0.4, 0.5) is 18.9 Å². The number of fused-ring (bicyclic) bond motifs is 1. The van der Waals surface area contributed by atoms with Crippen molar-refractivity contribution in [2.75, 3.05) is 36.1 Å². The second kappa shape index (κ2) is 11.0. The van der Waals surface area contributed by atoms with Crippen LogP contribution >= 0.6 is 11.8 Å². The van der Waals surface area contributed by atoms with Gasteiger partial charge in [0.1, 0.15) is 17.3 Å². The van der Waals surface area contributed by atoms with Crippen LogP contribution in [0.25, 0.3) is 11.1 Å². The number of benzene rings is 3. The van der Waals surface area contributed by atoms with Gasteiger partial charge in [-0.1, -0.05) is 55.1 Å². The number of anilines is 1. The second-order valence-electron chi connectivity index (χ2n) is 10.0. The number of alkyl halides is 3. The lowest BCUT2D eigenvalue weighted by molar-refractivity contribution is -0.0596. The van der Waals surface area contributed by atoms with Crippen molar-refractivity contribution in [3.05, 3.63) is 95.8 Å². The third-order valence-corrected chi connectivity index (χ3v) is 8.40. The smallest absolute Gasteiger partial charge is 0.431 e. The molecule has 3 aliphatic heterocycles. The van der Waals surface area contributed by atoms with Crippen LogP contribution in [-0.4, -0.2) is 53.7 Å². The number of rotatable bonds is 7. The minimum atomic E-state index is -4.46. The number of hydrogen-bond donors (Lipinski definition) is 0. The fourth-order valence-electron chi connectivity index (χ4n) is 5.17. The Morgan fingerprint density at radius 3 is 2.45 bits per heavy atom. The summed E-state index contributed by atoms with van der Waals surface area (Å²) in [5.41, 5.74) is 5.60. The molecule has 40 heavy (non-hydrogen) atoms. The molecule has 206 valence electrons. The molecule has 0 atom stereocenters. The minimum Gasteiger partial charge on any atom is -0.493 e. The van der Waals surface area contributed by atoms with Crippen molar-refractivity contribution in [2.45, 2.75) is 25.6 Å². The fourth-order valence-corrected chi connectivity index (χ4v) is 6.08. The maximum Gasteiger partial charge on any atom is 0.431 e. The van der Waals surface area contributed by atoms with Crippen molar-refractivity contribution in [1.82, 2.24) is 4.90 Å². The van der Waals surface area contributed by atoms with E-state index in [1.165, 1.54) is 5.56 Å². The SMILES string of the molecule is C=C(N1CCSCC1)N(Cc1ccc(C2=NN=C(C(F)(F)F)C2)cc1)c1cccc(-c2ccc3c(c2)OCC3)c1. The molecule has 5 nitrogen and oxygen atoms in total. The van der Waals surface area contributed by atoms with Crippen LogP contribution in [0.2, 0.25) is 0 Å². The third-order valence-electron chi connectivity index (χ3n) is 7.46. The summed E-state index contributed by atoms with van der Waals surface area (Å²) < 4.78 is 44.8. The summed E-state index contributed by atoms with van der Waals surface area (Å²) in [4.78, 5) is 4.54. The Balaban J connectivity index is 1.26. The number of nitrogens with zero attached hydrogens (tertiary/aromatic N) is 4. The van der Waals surface area contributed by atoms with Gasteiger partial charge in [0.15, 0.2) is 0 Å². The van der Waals surface area contributed by atoms with Gasteiger partial charge in [0, 0.05) is 49.7 Å². The maximum absolute atomic E-state index is 13.0. The highest BCUT2D eigenvalue weighted by Crippen LogP contribution is 2.34. The Morgan fingerprint density at radius 1 is 0.950 bits per heavy atom. The highest BCUT2D eigenvalue weighted by molar-refractivity contribution is 7.99. The molecule has 3 aromatic carbocycles. The van der Waals surface area contributed by atoms with Gasteiger partial charge in [-0.25, -0.2) is 0 Å². The Hall–Kier alpha value is -3.72. The highest BCUT2D eigenvalue weighted by atomic mass is 32.2. The first kappa shape index (κ1) is 26.5. The molecule has 0 aromatic heterocycles. The van der Waals surface area contributed by atoms with Gasteiger partial charge < -0.3 is 14.5 Å².